The van der Waals surface area contributed by atoms with Crippen LogP contribution in [-0.2, 0) is 0 Å². The third kappa shape index (κ3) is 1.61. The molecule has 1 aliphatic heterocycles. The number of aryl methyl sites for hydroxylation is 1. The van der Waals surface area contributed by atoms with Crippen LogP contribution in [0.2, 0.25) is 0 Å². The average Bonchev–Trinajstić information content (AvgIpc) is 2.23. The molecule has 3 heteroatoms. The molecule has 0 amide bonds. The molecule has 0 spiro atoms. The molecule has 0 bridgehead atoms. The summed E-state index contributed by atoms with van der Waals surface area (Å²) >= 11 is 2.28. The van der Waals surface area contributed by atoms with Crippen LogP contribution in [0, 0.1) is 10.5 Å². The van der Waals surface area contributed by atoms with E-state index in [9.17, 15) is 0 Å². The lowest BCUT2D eigenvalue weighted by molar-refractivity contribution is -0.0434. The van der Waals surface area contributed by atoms with Gasteiger partial charge in [-0.2, -0.15) is 0 Å². The standard InChI is InChI=1S/C10H11IO2/c1-6-4-7(11)5-8-9(6)13-10(2,3)12-8/h4-5H,1-3H3. The third-order valence-electron chi connectivity index (χ3n) is 1.91. The highest BCUT2D eigenvalue weighted by molar-refractivity contribution is 14.1. The van der Waals surface area contributed by atoms with E-state index in [-0.39, 0.29) is 0 Å². The van der Waals surface area contributed by atoms with Crippen molar-refractivity contribution in [1.29, 1.82) is 0 Å². The van der Waals surface area contributed by atoms with E-state index in [1.54, 1.807) is 0 Å². The summed E-state index contributed by atoms with van der Waals surface area (Å²) in [5.74, 6) is 1.22. The molecule has 0 unspecified atom stereocenters. The third-order valence-corrected chi connectivity index (χ3v) is 2.53. The molecule has 13 heavy (non-hydrogen) atoms. The van der Waals surface area contributed by atoms with Crippen LogP contribution in [0.15, 0.2) is 12.1 Å². The van der Waals surface area contributed by atoms with Gasteiger partial charge in [-0.3, -0.25) is 0 Å². The summed E-state index contributed by atoms with van der Waals surface area (Å²) in [5, 5.41) is 0. The number of hydrogen-bond donors (Lipinski definition) is 0. The Balaban J connectivity index is 2.52. The van der Waals surface area contributed by atoms with E-state index in [2.05, 4.69) is 28.7 Å². The molecule has 0 aliphatic carbocycles. The van der Waals surface area contributed by atoms with E-state index < -0.39 is 5.79 Å². The first-order valence-corrected chi connectivity index (χ1v) is 5.24. The molecule has 0 saturated heterocycles. The maximum absolute atomic E-state index is 5.65. The van der Waals surface area contributed by atoms with Gasteiger partial charge in [-0.05, 0) is 47.2 Å². The lowest BCUT2D eigenvalue weighted by Crippen LogP contribution is -2.29. The Morgan fingerprint density at radius 1 is 1.23 bits per heavy atom. The maximum atomic E-state index is 5.65. The van der Waals surface area contributed by atoms with E-state index in [4.69, 9.17) is 9.47 Å². The van der Waals surface area contributed by atoms with Gasteiger partial charge in [-0.1, -0.05) is 0 Å². The minimum atomic E-state index is -0.516. The zero-order valence-corrected chi connectivity index (χ0v) is 10.0. The topological polar surface area (TPSA) is 18.5 Å². The SMILES string of the molecule is Cc1cc(I)cc2c1OC(C)(C)O2. The van der Waals surface area contributed by atoms with E-state index in [0.29, 0.717) is 0 Å². The first-order valence-electron chi connectivity index (χ1n) is 4.16. The predicted molar refractivity (Wildman–Crippen MR) is 59.2 cm³/mol. The molecule has 0 aromatic heterocycles. The average molecular weight is 290 g/mol. The minimum absolute atomic E-state index is 0.516. The Kier molecular flexibility index (Phi) is 1.94. The molecule has 1 aromatic rings. The zero-order valence-electron chi connectivity index (χ0n) is 7.85. The number of hydrogen-bond acceptors (Lipinski definition) is 2. The van der Waals surface area contributed by atoms with Crippen LogP contribution in [0.25, 0.3) is 0 Å². The smallest absolute Gasteiger partial charge is 0.246 e. The van der Waals surface area contributed by atoms with Crippen LogP contribution in [-0.4, -0.2) is 5.79 Å². The second-order valence-electron chi connectivity index (χ2n) is 3.65. The molecule has 0 fully saturated rings. The highest BCUT2D eigenvalue weighted by Gasteiger charge is 2.32. The van der Waals surface area contributed by atoms with Crippen molar-refractivity contribution in [2.24, 2.45) is 0 Å². The summed E-state index contributed by atoms with van der Waals surface area (Å²) in [6, 6.07) is 4.09. The maximum Gasteiger partial charge on any atom is 0.246 e. The second-order valence-corrected chi connectivity index (χ2v) is 4.90. The van der Waals surface area contributed by atoms with Gasteiger partial charge < -0.3 is 9.47 Å². The van der Waals surface area contributed by atoms with Gasteiger partial charge >= 0.3 is 0 Å². The molecule has 70 valence electrons. The van der Waals surface area contributed by atoms with Gasteiger partial charge in [-0.15, -0.1) is 0 Å². The van der Waals surface area contributed by atoms with Gasteiger partial charge in [0.25, 0.3) is 0 Å². The van der Waals surface area contributed by atoms with Crippen LogP contribution in [0.4, 0.5) is 0 Å². The van der Waals surface area contributed by atoms with Crippen LogP contribution < -0.4 is 9.47 Å². The van der Waals surface area contributed by atoms with E-state index in [1.165, 1.54) is 3.57 Å². The first-order chi connectivity index (χ1) is 5.98. The fourth-order valence-corrected chi connectivity index (χ4v) is 2.19. The van der Waals surface area contributed by atoms with Crippen LogP contribution in [0.3, 0.4) is 0 Å². The Hall–Kier alpha value is -0.450. The highest BCUT2D eigenvalue weighted by atomic mass is 127. The fourth-order valence-electron chi connectivity index (χ4n) is 1.44. The van der Waals surface area contributed by atoms with Crippen molar-refractivity contribution >= 4 is 22.6 Å². The van der Waals surface area contributed by atoms with Crippen molar-refractivity contribution in [3.63, 3.8) is 0 Å². The molecule has 2 nitrogen and oxygen atoms in total. The largest absolute Gasteiger partial charge is 0.449 e. The molecular weight excluding hydrogens is 279 g/mol. The van der Waals surface area contributed by atoms with Crippen LogP contribution in [0.5, 0.6) is 11.5 Å². The Morgan fingerprint density at radius 2 is 1.92 bits per heavy atom. The molecule has 1 aromatic carbocycles. The number of halogens is 1. The molecule has 1 heterocycles. The summed E-state index contributed by atoms with van der Waals surface area (Å²) in [7, 11) is 0. The summed E-state index contributed by atoms with van der Waals surface area (Å²) < 4.78 is 12.5. The van der Waals surface area contributed by atoms with Crippen molar-refractivity contribution in [2.45, 2.75) is 26.6 Å². The second kappa shape index (κ2) is 2.77. The van der Waals surface area contributed by atoms with Gasteiger partial charge in [-0.25, -0.2) is 0 Å². The Bertz CT molecular complexity index is 358. The quantitative estimate of drug-likeness (QED) is 0.684. The normalized spacial score (nSPS) is 17.5. The summed E-state index contributed by atoms with van der Waals surface area (Å²) in [6.45, 7) is 5.87. The van der Waals surface area contributed by atoms with E-state index in [0.717, 1.165) is 17.1 Å². The van der Waals surface area contributed by atoms with Crippen molar-refractivity contribution in [3.8, 4) is 11.5 Å². The van der Waals surface area contributed by atoms with E-state index >= 15 is 0 Å². The molecule has 0 saturated carbocycles. The number of benzene rings is 1. The molecular formula is C10H11IO2. The molecule has 1 aliphatic rings. The van der Waals surface area contributed by atoms with Crippen molar-refractivity contribution in [1.82, 2.24) is 0 Å². The summed E-state index contributed by atoms with van der Waals surface area (Å²) in [5.41, 5.74) is 1.13. The molecule has 0 radical (unpaired) electrons. The van der Waals surface area contributed by atoms with Crippen LogP contribution >= 0.6 is 22.6 Å². The lowest BCUT2D eigenvalue weighted by Gasteiger charge is -2.16. The van der Waals surface area contributed by atoms with Gasteiger partial charge in [0.1, 0.15) is 0 Å². The summed E-state index contributed by atoms with van der Waals surface area (Å²) in [6.07, 6.45) is 0. The van der Waals surface area contributed by atoms with Gasteiger partial charge in [0, 0.05) is 17.4 Å². The number of rotatable bonds is 0. The minimum Gasteiger partial charge on any atom is -0.449 e. The van der Waals surface area contributed by atoms with Gasteiger partial charge in [0.05, 0.1) is 0 Å². The Labute approximate surface area is 91.4 Å². The molecule has 0 N–H and O–H groups in total. The van der Waals surface area contributed by atoms with Gasteiger partial charge in [0.15, 0.2) is 11.5 Å². The van der Waals surface area contributed by atoms with Crippen molar-refractivity contribution < 1.29 is 9.47 Å². The van der Waals surface area contributed by atoms with E-state index in [1.807, 2.05) is 26.8 Å². The van der Waals surface area contributed by atoms with Crippen molar-refractivity contribution in [2.75, 3.05) is 0 Å². The molecule has 2 rings (SSSR count). The Morgan fingerprint density at radius 3 is 2.62 bits per heavy atom. The van der Waals surface area contributed by atoms with Gasteiger partial charge in [0.2, 0.25) is 5.79 Å². The molecule has 0 atom stereocenters. The predicted octanol–water partition coefficient (Wildman–Crippen LogP) is 3.11. The van der Waals surface area contributed by atoms with Crippen LogP contribution in [0.1, 0.15) is 19.4 Å². The lowest BCUT2D eigenvalue weighted by atomic mass is 10.2. The number of ether oxygens (including phenoxy) is 2. The number of fused-ring (bicyclic) bond motifs is 1. The van der Waals surface area contributed by atoms with Crippen molar-refractivity contribution in [3.05, 3.63) is 21.3 Å². The first kappa shape index (κ1) is 9.12. The zero-order chi connectivity index (χ0) is 9.64. The summed E-state index contributed by atoms with van der Waals surface area (Å²) in [4.78, 5) is 0. The monoisotopic (exact) mass is 290 g/mol. The highest BCUT2D eigenvalue weighted by Crippen LogP contribution is 2.42. The fraction of sp³-hybridized carbons (Fsp3) is 0.400.